The van der Waals surface area contributed by atoms with E-state index >= 15 is 0 Å². The Bertz CT molecular complexity index is 1210. The van der Waals surface area contributed by atoms with E-state index in [4.69, 9.17) is 4.74 Å². The monoisotopic (exact) mass is 502 g/mol. The summed E-state index contributed by atoms with van der Waals surface area (Å²) in [5.74, 6) is 3.53. The fourth-order valence-corrected chi connectivity index (χ4v) is 9.00. The third-order valence-electron chi connectivity index (χ3n) is 8.54. The molecule has 2 aromatic carbocycles. The van der Waals surface area contributed by atoms with Crippen molar-refractivity contribution in [1.82, 2.24) is 0 Å². The third-order valence-corrected chi connectivity index (χ3v) is 11.4. The molecule has 0 aliphatic heterocycles. The lowest BCUT2D eigenvalue weighted by Gasteiger charge is -2.12. The van der Waals surface area contributed by atoms with Gasteiger partial charge in [-0.3, -0.25) is 0 Å². The summed E-state index contributed by atoms with van der Waals surface area (Å²) in [6.45, 7) is 4.49. The summed E-state index contributed by atoms with van der Waals surface area (Å²) < 4.78 is 9.44. The molecule has 2 aromatic heterocycles. The summed E-state index contributed by atoms with van der Waals surface area (Å²) in [6.07, 6.45) is 16.6. The molecule has 4 aromatic rings. The molecule has 2 aliphatic carbocycles. The van der Waals surface area contributed by atoms with Gasteiger partial charge >= 0.3 is 0 Å². The first-order chi connectivity index (χ1) is 17.2. The molecule has 0 atom stereocenters. The largest absolute Gasteiger partial charge is 0.457 e. The lowest BCUT2D eigenvalue weighted by atomic mass is 9.98. The number of benzene rings is 2. The minimum absolute atomic E-state index is 0.754. The van der Waals surface area contributed by atoms with Gasteiger partial charge in [-0.15, -0.1) is 22.7 Å². The Labute approximate surface area is 218 Å². The first-order valence-corrected chi connectivity index (χ1v) is 15.5. The van der Waals surface area contributed by atoms with Crippen molar-refractivity contribution in [1.29, 1.82) is 0 Å². The maximum Gasteiger partial charge on any atom is 0.131 e. The topological polar surface area (TPSA) is 9.23 Å². The van der Waals surface area contributed by atoms with Crippen LogP contribution in [0.4, 0.5) is 0 Å². The molecule has 0 radical (unpaired) electrons. The van der Waals surface area contributed by atoms with Crippen molar-refractivity contribution in [3.05, 3.63) is 57.3 Å². The minimum atomic E-state index is 0.754. The van der Waals surface area contributed by atoms with Crippen LogP contribution in [-0.2, 0) is 0 Å². The van der Waals surface area contributed by atoms with Crippen molar-refractivity contribution >= 4 is 42.8 Å². The zero-order valence-electron chi connectivity index (χ0n) is 21.3. The summed E-state index contributed by atoms with van der Waals surface area (Å²) in [4.78, 5) is 3.17. The van der Waals surface area contributed by atoms with Crippen LogP contribution in [0, 0.1) is 13.8 Å². The van der Waals surface area contributed by atoms with E-state index in [0.717, 1.165) is 23.3 Å². The van der Waals surface area contributed by atoms with E-state index in [1.165, 1.54) is 108 Å². The molecule has 0 bridgehead atoms. The molecule has 6 rings (SSSR count). The maximum absolute atomic E-state index is 6.62. The van der Waals surface area contributed by atoms with Crippen molar-refractivity contribution in [3.8, 4) is 11.5 Å². The van der Waals surface area contributed by atoms with E-state index in [1.54, 1.807) is 9.75 Å². The SMILES string of the molecule is Cc1c(Oc2ccc3cc(C4CCCCCC4)sc3c2C)ccc2cc(C3CCCCCC3)sc12. The Balaban J connectivity index is 1.28. The quantitative estimate of drug-likeness (QED) is 0.252. The molecule has 0 N–H and O–H groups in total. The summed E-state index contributed by atoms with van der Waals surface area (Å²) in [5, 5.41) is 2.77. The lowest BCUT2D eigenvalue weighted by molar-refractivity contribution is 0.477. The predicted molar refractivity (Wildman–Crippen MR) is 154 cm³/mol. The molecule has 3 heteroatoms. The molecule has 184 valence electrons. The first-order valence-electron chi connectivity index (χ1n) is 13.9. The standard InChI is InChI=1S/C32H38OS2/c1-21-27(17-15-25-19-29(34-31(21)25)23-11-7-3-4-8-12-23)33-28-18-16-26-20-30(35-32(26)22(28)2)24-13-9-5-6-10-14-24/h15-20,23-24H,3-14H2,1-2H3. The number of hydrogen-bond donors (Lipinski definition) is 0. The van der Waals surface area contributed by atoms with Gasteiger partial charge in [-0.05, 0) is 98.5 Å². The van der Waals surface area contributed by atoms with E-state index < -0.39 is 0 Å². The van der Waals surface area contributed by atoms with Crippen LogP contribution in [0.15, 0.2) is 36.4 Å². The summed E-state index contributed by atoms with van der Waals surface area (Å²) >= 11 is 4.03. The highest BCUT2D eigenvalue weighted by molar-refractivity contribution is 7.19. The van der Waals surface area contributed by atoms with Crippen LogP contribution in [-0.4, -0.2) is 0 Å². The Morgan fingerprint density at radius 2 is 0.971 bits per heavy atom. The molecule has 0 unspecified atom stereocenters. The molecule has 35 heavy (non-hydrogen) atoms. The molecular weight excluding hydrogens is 464 g/mol. The summed E-state index contributed by atoms with van der Waals surface area (Å²) in [5.41, 5.74) is 2.58. The second-order valence-corrected chi connectivity index (χ2v) is 13.2. The van der Waals surface area contributed by atoms with Gasteiger partial charge in [-0.2, -0.15) is 0 Å². The van der Waals surface area contributed by atoms with E-state index in [1.807, 2.05) is 22.7 Å². The van der Waals surface area contributed by atoms with Gasteiger partial charge in [-0.25, -0.2) is 0 Å². The van der Waals surface area contributed by atoms with Crippen molar-refractivity contribution < 1.29 is 4.74 Å². The van der Waals surface area contributed by atoms with Gasteiger partial charge in [0.15, 0.2) is 0 Å². The van der Waals surface area contributed by atoms with Gasteiger partial charge in [0.25, 0.3) is 0 Å². The molecule has 2 saturated carbocycles. The summed E-state index contributed by atoms with van der Waals surface area (Å²) in [6, 6.07) is 13.9. The van der Waals surface area contributed by atoms with Crippen LogP contribution >= 0.6 is 22.7 Å². The molecular formula is C32H38OS2. The fourth-order valence-electron chi connectivity index (χ4n) is 6.36. The first kappa shape index (κ1) is 23.6. The Hall–Kier alpha value is -1.84. The van der Waals surface area contributed by atoms with E-state index in [2.05, 4.69) is 50.2 Å². The predicted octanol–water partition coefficient (Wildman–Crippen LogP) is 11.4. The maximum atomic E-state index is 6.62. The van der Waals surface area contributed by atoms with Crippen LogP contribution in [0.3, 0.4) is 0 Å². The van der Waals surface area contributed by atoms with E-state index in [9.17, 15) is 0 Å². The van der Waals surface area contributed by atoms with Crippen molar-refractivity contribution in [3.63, 3.8) is 0 Å². The number of hydrogen-bond acceptors (Lipinski definition) is 3. The summed E-state index contributed by atoms with van der Waals surface area (Å²) in [7, 11) is 0. The highest BCUT2D eigenvalue weighted by Crippen LogP contribution is 2.44. The van der Waals surface area contributed by atoms with E-state index in [0.29, 0.717) is 0 Å². The van der Waals surface area contributed by atoms with Crippen LogP contribution in [0.25, 0.3) is 20.2 Å². The zero-order valence-corrected chi connectivity index (χ0v) is 23.0. The zero-order chi connectivity index (χ0) is 23.8. The molecule has 2 aliphatic rings. The van der Waals surface area contributed by atoms with Crippen LogP contribution in [0.1, 0.15) is 110 Å². The highest BCUT2D eigenvalue weighted by atomic mass is 32.1. The second kappa shape index (κ2) is 10.3. The lowest BCUT2D eigenvalue weighted by Crippen LogP contribution is -1.93. The number of thiophene rings is 2. The van der Waals surface area contributed by atoms with Crippen molar-refractivity contribution in [2.24, 2.45) is 0 Å². The number of ether oxygens (including phenoxy) is 1. The van der Waals surface area contributed by atoms with Gasteiger partial charge < -0.3 is 4.74 Å². The Kier molecular flexibility index (Phi) is 6.91. The van der Waals surface area contributed by atoms with Gasteiger partial charge in [0.1, 0.15) is 11.5 Å². The van der Waals surface area contributed by atoms with Crippen molar-refractivity contribution in [2.75, 3.05) is 0 Å². The molecule has 0 amide bonds. The Morgan fingerprint density at radius 3 is 1.37 bits per heavy atom. The van der Waals surface area contributed by atoms with Crippen LogP contribution < -0.4 is 4.74 Å². The highest BCUT2D eigenvalue weighted by Gasteiger charge is 2.20. The van der Waals surface area contributed by atoms with Gasteiger partial charge in [0.2, 0.25) is 0 Å². The number of fused-ring (bicyclic) bond motifs is 2. The average molecular weight is 503 g/mol. The molecule has 0 spiro atoms. The van der Waals surface area contributed by atoms with Crippen LogP contribution in [0.5, 0.6) is 11.5 Å². The van der Waals surface area contributed by atoms with Gasteiger partial charge in [0, 0.05) is 30.3 Å². The fraction of sp³-hybridized carbons (Fsp3) is 0.500. The Morgan fingerprint density at radius 1 is 0.571 bits per heavy atom. The van der Waals surface area contributed by atoms with Gasteiger partial charge in [-0.1, -0.05) is 51.4 Å². The smallest absolute Gasteiger partial charge is 0.131 e. The van der Waals surface area contributed by atoms with Gasteiger partial charge in [0.05, 0.1) is 0 Å². The van der Waals surface area contributed by atoms with Crippen molar-refractivity contribution in [2.45, 2.75) is 103 Å². The number of rotatable bonds is 4. The van der Waals surface area contributed by atoms with Crippen LogP contribution in [0.2, 0.25) is 0 Å². The second-order valence-electron chi connectivity index (χ2n) is 11.0. The normalized spacial score (nSPS) is 18.7. The molecule has 0 saturated heterocycles. The molecule has 2 heterocycles. The molecule has 2 fully saturated rings. The van der Waals surface area contributed by atoms with E-state index in [-0.39, 0.29) is 0 Å². The minimum Gasteiger partial charge on any atom is -0.457 e. The number of aryl methyl sites for hydroxylation is 2. The molecule has 1 nitrogen and oxygen atoms in total. The average Bonchev–Trinajstić information content (AvgIpc) is 3.26. The third kappa shape index (κ3) is 4.79.